The van der Waals surface area contributed by atoms with Crippen LogP contribution in [0.15, 0.2) is 51.7 Å². The van der Waals surface area contributed by atoms with Crippen LogP contribution in [-0.4, -0.2) is 37.5 Å². The van der Waals surface area contributed by atoms with Gasteiger partial charge in [0.05, 0.1) is 5.56 Å². The molecule has 0 spiro atoms. The molecule has 2 heterocycles. The van der Waals surface area contributed by atoms with Gasteiger partial charge in [-0.1, -0.05) is 30.3 Å². The number of hydrogen-bond donors (Lipinski definition) is 2. The summed E-state index contributed by atoms with van der Waals surface area (Å²) < 4.78 is 12.5. The quantitative estimate of drug-likeness (QED) is 0.580. The number of nitrogens with zero attached hydrogens (tertiary/aromatic N) is 3. The number of benzene rings is 1. The maximum Gasteiger partial charge on any atom is 0.408 e. The van der Waals surface area contributed by atoms with E-state index < -0.39 is 28.8 Å². The maximum atomic E-state index is 12.6. The van der Waals surface area contributed by atoms with Gasteiger partial charge in [-0.2, -0.15) is 0 Å². The molecular weight excluding hydrogens is 428 g/mol. The van der Waals surface area contributed by atoms with Gasteiger partial charge >= 0.3 is 12.1 Å². The molecule has 2 aromatic heterocycles. The fraction of sp³-hybridized carbons (Fsp3) is 0.348. The molecule has 1 atom stereocenters. The Bertz CT molecular complexity index is 1230. The van der Waals surface area contributed by atoms with Crippen molar-refractivity contribution >= 4 is 12.1 Å². The summed E-state index contributed by atoms with van der Waals surface area (Å²) in [6.45, 7) is 6.97. The van der Waals surface area contributed by atoms with Gasteiger partial charge in [-0.25, -0.2) is 9.59 Å². The van der Waals surface area contributed by atoms with Gasteiger partial charge < -0.3 is 24.1 Å². The lowest BCUT2D eigenvalue weighted by atomic mass is 9.92. The Kier molecular flexibility index (Phi) is 6.39. The molecule has 10 heteroatoms. The fourth-order valence-electron chi connectivity index (χ4n) is 3.22. The molecule has 1 aromatic carbocycles. The van der Waals surface area contributed by atoms with E-state index in [1.165, 1.54) is 17.7 Å². The highest BCUT2D eigenvalue weighted by Crippen LogP contribution is 2.28. The zero-order valence-corrected chi connectivity index (χ0v) is 19.1. The summed E-state index contributed by atoms with van der Waals surface area (Å²) in [6, 6.07) is 11.7. The Hall–Kier alpha value is -3.95. The lowest BCUT2D eigenvalue weighted by molar-refractivity contribution is 0.0443. The van der Waals surface area contributed by atoms with Crippen molar-refractivity contribution in [3.05, 3.63) is 69.8 Å². The van der Waals surface area contributed by atoms with E-state index in [4.69, 9.17) is 9.15 Å². The first-order valence-corrected chi connectivity index (χ1v) is 10.2. The largest absolute Gasteiger partial charge is 0.478 e. The van der Waals surface area contributed by atoms with Gasteiger partial charge in [-0.15, -0.1) is 10.2 Å². The summed E-state index contributed by atoms with van der Waals surface area (Å²) in [5.41, 5.74) is -1.57. The lowest BCUT2D eigenvalue weighted by Gasteiger charge is -2.29. The van der Waals surface area contributed by atoms with Gasteiger partial charge in [0.15, 0.2) is 0 Å². The minimum Gasteiger partial charge on any atom is -0.478 e. The number of nitrogens with one attached hydrogen (secondary N) is 1. The highest BCUT2D eigenvalue weighted by molar-refractivity contribution is 5.88. The van der Waals surface area contributed by atoms with Crippen molar-refractivity contribution in [2.75, 3.05) is 0 Å². The van der Waals surface area contributed by atoms with Crippen molar-refractivity contribution in [2.45, 2.75) is 45.3 Å². The van der Waals surface area contributed by atoms with E-state index in [1.54, 1.807) is 27.7 Å². The Balaban J connectivity index is 2.03. The number of carbonyl (C=O) groups is 2. The van der Waals surface area contributed by atoms with Crippen molar-refractivity contribution in [3.63, 3.8) is 0 Å². The summed E-state index contributed by atoms with van der Waals surface area (Å²) in [5, 5.41) is 20.2. The van der Waals surface area contributed by atoms with Crippen LogP contribution in [-0.2, 0) is 23.7 Å². The fourth-order valence-corrected chi connectivity index (χ4v) is 3.22. The van der Waals surface area contributed by atoms with Crippen molar-refractivity contribution in [2.24, 2.45) is 7.05 Å². The molecule has 3 aromatic rings. The third kappa shape index (κ3) is 5.65. The number of carbonyl (C=O) groups excluding carboxylic acids is 1. The van der Waals surface area contributed by atoms with Gasteiger partial charge in [0, 0.05) is 19.5 Å². The summed E-state index contributed by atoms with van der Waals surface area (Å²) >= 11 is 0. The zero-order valence-electron chi connectivity index (χ0n) is 19.1. The van der Waals surface area contributed by atoms with Crippen LogP contribution in [0.3, 0.4) is 0 Å². The van der Waals surface area contributed by atoms with Crippen molar-refractivity contribution in [1.29, 1.82) is 0 Å². The summed E-state index contributed by atoms with van der Waals surface area (Å²) in [5.74, 6) is -1.24. The van der Waals surface area contributed by atoms with Crippen LogP contribution in [0, 0.1) is 0 Å². The van der Waals surface area contributed by atoms with Crippen LogP contribution in [0.5, 0.6) is 0 Å². The number of amides is 1. The van der Waals surface area contributed by atoms with Gasteiger partial charge in [0.25, 0.3) is 11.4 Å². The molecule has 0 aliphatic heterocycles. The number of aromatic nitrogens is 3. The second-order valence-corrected chi connectivity index (χ2v) is 8.87. The first-order valence-electron chi connectivity index (χ1n) is 10.2. The number of carboxylic acids is 1. The second kappa shape index (κ2) is 8.89. The molecule has 0 saturated heterocycles. The third-order valence-electron chi connectivity index (χ3n) is 4.80. The van der Waals surface area contributed by atoms with Crippen molar-refractivity contribution in [3.8, 4) is 11.6 Å². The van der Waals surface area contributed by atoms with Crippen LogP contribution >= 0.6 is 0 Å². The van der Waals surface area contributed by atoms with E-state index in [9.17, 15) is 19.5 Å². The van der Waals surface area contributed by atoms with Crippen LogP contribution in [0.4, 0.5) is 4.79 Å². The molecule has 0 aliphatic rings. The third-order valence-corrected chi connectivity index (χ3v) is 4.80. The molecule has 33 heavy (non-hydrogen) atoms. The smallest absolute Gasteiger partial charge is 0.408 e. The molecular formula is C23H26N4O6. The average Bonchev–Trinajstić information content (AvgIpc) is 3.19. The minimum atomic E-state index is -1.26. The first-order chi connectivity index (χ1) is 15.4. The van der Waals surface area contributed by atoms with E-state index in [0.29, 0.717) is 6.42 Å². The number of rotatable bonds is 6. The molecule has 10 nitrogen and oxygen atoms in total. The van der Waals surface area contributed by atoms with Gasteiger partial charge in [0.2, 0.25) is 5.89 Å². The number of carboxylic acid groups (broad SMARTS) is 1. The van der Waals surface area contributed by atoms with E-state index in [1.807, 2.05) is 30.3 Å². The predicted molar refractivity (Wildman–Crippen MR) is 119 cm³/mol. The molecule has 0 unspecified atom stereocenters. The number of aromatic carboxylic acids is 1. The molecule has 2 N–H and O–H groups in total. The van der Waals surface area contributed by atoms with Crippen molar-refractivity contribution in [1.82, 2.24) is 20.1 Å². The summed E-state index contributed by atoms with van der Waals surface area (Å²) in [7, 11) is 1.47. The molecule has 0 radical (unpaired) electrons. The number of ether oxygens (including phenoxy) is 1. The summed E-state index contributed by atoms with van der Waals surface area (Å²) in [4.78, 5) is 36.2. The topological polar surface area (TPSA) is 137 Å². The number of alkyl carbamates (subject to hydrolysis) is 1. The Morgan fingerprint density at radius 1 is 1.12 bits per heavy atom. The Labute approximate surface area is 190 Å². The highest BCUT2D eigenvalue weighted by Gasteiger charge is 2.37. The first kappa shape index (κ1) is 23.7. The normalized spacial score (nSPS) is 13.2. The Morgan fingerprint density at radius 2 is 1.79 bits per heavy atom. The standard InChI is InChI=1S/C23H26N4O6/c1-22(2,3)33-21(31)24-23(4,13-14-9-7-6-8-10-14)20-26-25-18(32-20)16-11-15(19(29)30)12-17(28)27(16)5/h6-12H,13H2,1-5H3,(H,24,31)(H,29,30)/t23-/m0/s1. The molecule has 0 aliphatic carbocycles. The predicted octanol–water partition coefficient (Wildman–Crippen LogP) is 3.12. The molecule has 0 bridgehead atoms. The second-order valence-electron chi connectivity index (χ2n) is 8.87. The monoisotopic (exact) mass is 454 g/mol. The van der Waals surface area contributed by atoms with Crippen LogP contribution in [0.1, 0.15) is 49.5 Å². The van der Waals surface area contributed by atoms with Crippen LogP contribution < -0.4 is 10.9 Å². The Morgan fingerprint density at radius 3 is 2.39 bits per heavy atom. The molecule has 3 rings (SSSR count). The molecule has 0 saturated carbocycles. The van der Waals surface area contributed by atoms with Gasteiger partial charge in [-0.05, 0) is 39.3 Å². The van der Waals surface area contributed by atoms with Crippen LogP contribution in [0.25, 0.3) is 11.6 Å². The molecule has 0 fully saturated rings. The lowest BCUT2D eigenvalue weighted by Crippen LogP contribution is -2.47. The van der Waals surface area contributed by atoms with E-state index in [-0.39, 0.29) is 23.0 Å². The number of hydrogen-bond acceptors (Lipinski definition) is 7. The minimum absolute atomic E-state index is 0.0574. The summed E-state index contributed by atoms with van der Waals surface area (Å²) in [6.07, 6.45) is -0.357. The zero-order chi connectivity index (χ0) is 24.4. The molecule has 174 valence electrons. The van der Waals surface area contributed by atoms with Gasteiger partial charge in [-0.3, -0.25) is 4.79 Å². The van der Waals surface area contributed by atoms with Crippen LogP contribution in [0.2, 0.25) is 0 Å². The number of pyridine rings is 1. The maximum absolute atomic E-state index is 12.6. The average molecular weight is 454 g/mol. The van der Waals surface area contributed by atoms with E-state index in [2.05, 4.69) is 15.5 Å². The molecule has 1 amide bonds. The van der Waals surface area contributed by atoms with E-state index >= 15 is 0 Å². The van der Waals surface area contributed by atoms with Crippen molar-refractivity contribution < 1.29 is 23.8 Å². The van der Waals surface area contributed by atoms with E-state index in [0.717, 1.165) is 11.6 Å². The SMILES string of the molecule is Cn1c(-c2nnc([C@](C)(Cc3ccccc3)NC(=O)OC(C)(C)C)o2)cc(C(=O)O)cc1=O. The highest BCUT2D eigenvalue weighted by atomic mass is 16.6. The van der Waals surface area contributed by atoms with Gasteiger partial charge in [0.1, 0.15) is 16.8 Å².